The molecule has 1 aromatic carbocycles. The van der Waals surface area contributed by atoms with E-state index in [0.717, 1.165) is 17.7 Å². The van der Waals surface area contributed by atoms with Gasteiger partial charge in [0, 0.05) is 12.1 Å². The second-order valence-corrected chi connectivity index (χ2v) is 3.59. The number of hydrogen-bond donors (Lipinski definition) is 0. The zero-order valence-corrected chi connectivity index (χ0v) is 8.78. The Morgan fingerprint density at radius 3 is 2.67 bits per heavy atom. The highest BCUT2D eigenvalue weighted by atomic mass is 35.5. The maximum atomic E-state index is 12.7. The van der Waals surface area contributed by atoms with E-state index in [1.807, 2.05) is 6.20 Å². The number of aromatic nitrogens is 2. The number of nitrogens with zero attached hydrogens (tertiary/aromatic N) is 2. The molecule has 0 aliphatic heterocycles. The fraction of sp³-hybridized carbons (Fsp3) is 0.182. The Hall–Kier alpha value is -1.35. The van der Waals surface area contributed by atoms with Crippen molar-refractivity contribution in [1.29, 1.82) is 0 Å². The number of hydrogen-bond acceptors (Lipinski definition) is 1. The van der Waals surface area contributed by atoms with Gasteiger partial charge in [0.15, 0.2) is 0 Å². The number of alkyl halides is 1. The summed E-state index contributed by atoms with van der Waals surface area (Å²) in [7, 11) is 0. The molecule has 0 bridgehead atoms. The van der Waals surface area contributed by atoms with Gasteiger partial charge in [0.2, 0.25) is 0 Å². The maximum absolute atomic E-state index is 12.7. The second-order valence-electron chi connectivity index (χ2n) is 3.21. The van der Waals surface area contributed by atoms with E-state index in [0.29, 0.717) is 5.88 Å². The van der Waals surface area contributed by atoms with E-state index in [4.69, 9.17) is 11.6 Å². The molecular weight excluding hydrogens is 215 g/mol. The Labute approximate surface area is 92.3 Å². The molecule has 0 fully saturated rings. The molecule has 2 rings (SSSR count). The summed E-state index contributed by atoms with van der Waals surface area (Å²) in [6.07, 6.45) is 4.46. The van der Waals surface area contributed by atoms with E-state index in [1.54, 1.807) is 23.0 Å². The van der Waals surface area contributed by atoms with Crippen molar-refractivity contribution in [3.63, 3.8) is 0 Å². The molecule has 1 aromatic heterocycles. The van der Waals surface area contributed by atoms with Crippen LogP contribution in [0.3, 0.4) is 0 Å². The minimum absolute atomic E-state index is 0.244. The summed E-state index contributed by atoms with van der Waals surface area (Å²) >= 11 is 5.63. The molecule has 78 valence electrons. The predicted octanol–water partition coefficient (Wildman–Crippen LogP) is 2.79. The third-order valence-electron chi connectivity index (χ3n) is 2.11. The van der Waals surface area contributed by atoms with Gasteiger partial charge in [-0.15, -0.1) is 11.6 Å². The summed E-state index contributed by atoms with van der Waals surface area (Å²) in [5, 5.41) is 4.17. The van der Waals surface area contributed by atoms with Crippen LogP contribution < -0.4 is 0 Å². The molecule has 4 heteroatoms. The van der Waals surface area contributed by atoms with Crippen LogP contribution >= 0.6 is 11.6 Å². The number of aryl methyl sites for hydroxylation is 1. The van der Waals surface area contributed by atoms with Crippen molar-refractivity contribution < 1.29 is 4.39 Å². The van der Waals surface area contributed by atoms with Crippen LogP contribution in [0.1, 0.15) is 5.56 Å². The lowest BCUT2D eigenvalue weighted by atomic mass is 10.3. The molecule has 0 N–H and O–H groups in total. The molecule has 0 aliphatic carbocycles. The van der Waals surface area contributed by atoms with Crippen LogP contribution in [-0.4, -0.2) is 15.7 Å². The van der Waals surface area contributed by atoms with Crippen LogP contribution in [0.15, 0.2) is 36.7 Å². The third-order valence-corrected chi connectivity index (χ3v) is 2.30. The highest BCUT2D eigenvalue weighted by molar-refractivity contribution is 6.17. The Bertz CT molecular complexity index is 436. The first-order valence-electron chi connectivity index (χ1n) is 4.65. The Kier molecular flexibility index (Phi) is 3.02. The molecule has 0 saturated heterocycles. The van der Waals surface area contributed by atoms with Gasteiger partial charge in [-0.2, -0.15) is 5.10 Å². The molecule has 15 heavy (non-hydrogen) atoms. The van der Waals surface area contributed by atoms with Crippen LogP contribution in [0.4, 0.5) is 4.39 Å². The van der Waals surface area contributed by atoms with Gasteiger partial charge in [0.1, 0.15) is 5.82 Å². The molecule has 0 radical (unpaired) electrons. The van der Waals surface area contributed by atoms with Crippen molar-refractivity contribution in [1.82, 2.24) is 9.78 Å². The first kappa shape index (κ1) is 10.2. The molecule has 0 amide bonds. The van der Waals surface area contributed by atoms with Crippen molar-refractivity contribution in [2.75, 3.05) is 5.88 Å². The molecule has 0 spiro atoms. The zero-order chi connectivity index (χ0) is 10.7. The first-order chi connectivity index (χ1) is 7.29. The standard InChI is InChI=1S/C11H10ClFN2/c12-6-5-9-7-14-15(8-9)11-3-1-10(13)2-4-11/h1-4,7-8H,5-6H2. The molecule has 0 aliphatic rings. The van der Waals surface area contributed by atoms with E-state index < -0.39 is 0 Å². The van der Waals surface area contributed by atoms with Crippen molar-refractivity contribution in [2.24, 2.45) is 0 Å². The SMILES string of the molecule is Fc1ccc(-n2cc(CCCl)cn2)cc1. The number of halogens is 2. The summed E-state index contributed by atoms with van der Waals surface area (Å²) in [5.41, 5.74) is 1.92. The van der Waals surface area contributed by atoms with E-state index in [-0.39, 0.29) is 5.82 Å². The fourth-order valence-electron chi connectivity index (χ4n) is 1.33. The van der Waals surface area contributed by atoms with Gasteiger partial charge in [-0.05, 0) is 36.2 Å². The topological polar surface area (TPSA) is 17.8 Å². The monoisotopic (exact) mass is 224 g/mol. The zero-order valence-electron chi connectivity index (χ0n) is 8.03. The van der Waals surface area contributed by atoms with Crippen LogP contribution in [-0.2, 0) is 6.42 Å². The smallest absolute Gasteiger partial charge is 0.123 e. The highest BCUT2D eigenvalue weighted by Gasteiger charge is 2.00. The average Bonchev–Trinajstić information content (AvgIpc) is 2.68. The molecule has 1 heterocycles. The third kappa shape index (κ3) is 2.36. The maximum Gasteiger partial charge on any atom is 0.123 e. The lowest BCUT2D eigenvalue weighted by molar-refractivity contribution is 0.627. The summed E-state index contributed by atoms with van der Waals surface area (Å²) < 4.78 is 14.4. The van der Waals surface area contributed by atoms with Gasteiger partial charge in [0.05, 0.1) is 11.9 Å². The van der Waals surface area contributed by atoms with Crippen LogP contribution in [0.5, 0.6) is 0 Å². The second kappa shape index (κ2) is 4.45. The molecular formula is C11H10ClFN2. The van der Waals surface area contributed by atoms with Crippen LogP contribution in [0.25, 0.3) is 5.69 Å². The lowest BCUT2D eigenvalue weighted by Crippen LogP contribution is -1.93. The largest absolute Gasteiger partial charge is 0.241 e. The van der Waals surface area contributed by atoms with E-state index >= 15 is 0 Å². The Balaban J connectivity index is 2.25. The van der Waals surface area contributed by atoms with E-state index in [2.05, 4.69) is 5.10 Å². The summed E-state index contributed by atoms with van der Waals surface area (Å²) in [5.74, 6) is 0.335. The van der Waals surface area contributed by atoms with Crippen molar-refractivity contribution in [3.8, 4) is 5.69 Å². The van der Waals surface area contributed by atoms with Crippen molar-refractivity contribution in [2.45, 2.75) is 6.42 Å². The molecule has 0 atom stereocenters. The van der Waals surface area contributed by atoms with Gasteiger partial charge in [-0.25, -0.2) is 9.07 Å². The minimum Gasteiger partial charge on any atom is -0.241 e. The first-order valence-corrected chi connectivity index (χ1v) is 5.18. The van der Waals surface area contributed by atoms with Gasteiger partial charge in [-0.1, -0.05) is 0 Å². The summed E-state index contributed by atoms with van der Waals surface area (Å²) in [4.78, 5) is 0. The lowest BCUT2D eigenvalue weighted by Gasteiger charge is -1.99. The number of rotatable bonds is 3. The number of benzene rings is 1. The molecule has 0 saturated carbocycles. The molecule has 2 aromatic rings. The quantitative estimate of drug-likeness (QED) is 0.733. The van der Waals surface area contributed by atoms with Crippen molar-refractivity contribution >= 4 is 11.6 Å². The van der Waals surface area contributed by atoms with E-state index in [1.165, 1.54) is 12.1 Å². The molecule has 0 unspecified atom stereocenters. The predicted molar refractivity (Wildman–Crippen MR) is 57.9 cm³/mol. The normalized spacial score (nSPS) is 10.5. The van der Waals surface area contributed by atoms with E-state index in [9.17, 15) is 4.39 Å². The molecule has 2 nitrogen and oxygen atoms in total. The summed E-state index contributed by atoms with van der Waals surface area (Å²) in [6.45, 7) is 0. The summed E-state index contributed by atoms with van der Waals surface area (Å²) in [6, 6.07) is 6.20. The highest BCUT2D eigenvalue weighted by Crippen LogP contribution is 2.09. The van der Waals surface area contributed by atoms with Gasteiger partial charge in [-0.3, -0.25) is 0 Å². The van der Waals surface area contributed by atoms with Crippen molar-refractivity contribution in [3.05, 3.63) is 48.0 Å². The minimum atomic E-state index is -0.244. The fourth-order valence-corrected chi connectivity index (χ4v) is 1.55. The Morgan fingerprint density at radius 2 is 2.00 bits per heavy atom. The van der Waals surface area contributed by atoms with Gasteiger partial charge in [0.25, 0.3) is 0 Å². The van der Waals surface area contributed by atoms with Crippen LogP contribution in [0, 0.1) is 5.82 Å². The van der Waals surface area contributed by atoms with Gasteiger partial charge >= 0.3 is 0 Å². The van der Waals surface area contributed by atoms with Crippen LogP contribution in [0.2, 0.25) is 0 Å². The average molecular weight is 225 g/mol. The Morgan fingerprint density at radius 1 is 1.27 bits per heavy atom. The van der Waals surface area contributed by atoms with Gasteiger partial charge < -0.3 is 0 Å².